The van der Waals surface area contributed by atoms with Gasteiger partial charge in [0.15, 0.2) is 0 Å². The Hall–Kier alpha value is -5.05. The van der Waals surface area contributed by atoms with Crippen molar-refractivity contribution in [2.24, 2.45) is 17.8 Å². The van der Waals surface area contributed by atoms with Gasteiger partial charge in [0.2, 0.25) is 11.8 Å². The maximum Gasteiger partial charge on any atom is 0.253 e. The molecule has 3 aliphatic heterocycles. The Morgan fingerprint density at radius 1 is 0.882 bits per heavy atom. The molecule has 0 aromatic heterocycles. The summed E-state index contributed by atoms with van der Waals surface area (Å²) in [5, 5.41) is 13.0. The molecule has 1 N–H and O–H groups in total. The number of aliphatic hydroxyl groups is 1. The molecule has 3 aliphatic rings. The number of carbonyl (C=O) groups excluding carboxylic acids is 3. The summed E-state index contributed by atoms with van der Waals surface area (Å²) in [5.41, 5.74) is -0.0517. The molecule has 3 saturated heterocycles. The second kappa shape index (κ2) is 13.6. The number of aliphatic hydroxyl groups excluding tert-OH is 1. The summed E-state index contributed by atoms with van der Waals surface area (Å²) in [6.07, 6.45) is 4.08. The van der Waals surface area contributed by atoms with Crippen molar-refractivity contribution in [1.29, 1.82) is 0 Å². The largest absolute Gasteiger partial charge is 0.394 e. The number of para-hydroxylation sites is 1. The summed E-state index contributed by atoms with van der Waals surface area (Å²) >= 11 is 0. The molecule has 262 valence electrons. The molecule has 3 unspecified atom stereocenters. The van der Waals surface area contributed by atoms with E-state index in [1.807, 2.05) is 117 Å². The van der Waals surface area contributed by atoms with Crippen LogP contribution in [0.25, 0.3) is 10.8 Å². The predicted octanol–water partition coefficient (Wildman–Crippen LogP) is 6.19. The molecule has 3 fully saturated rings. The molecule has 4 aromatic rings. The van der Waals surface area contributed by atoms with Crippen molar-refractivity contribution in [3.63, 3.8) is 0 Å². The molecule has 3 heterocycles. The van der Waals surface area contributed by atoms with Crippen molar-refractivity contribution in [2.75, 3.05) is 29.5 Å². The Balaban J connectivity index is 1.37. The lowest BCUT2D eigenvalue weighted by Gasteiger charge is -2.39. The standard InChI is InChI=1S/C43H45N3O5/c1-5-23-44(33-19-11-8-12-20-33)39(48)36-37-40(49)46(35(28-47)25-30-15-9-7-10-16-30)38(43(37)27-29(3)42(36,4)51-43)41(50)45(24-6-2)34-22-21-31-17-13-14-18-32(31)26-34/h5-22,26,29,35-38,47H,1-2,23-25,27-28H2,3-4H3/t29?,35-,36-,37+,38?,42+,43?/m1/s1. The molecule has 0 saturated carbocycles. The van der Waals surface area contributed by atoms with Gasteiger partial charge in [-0.1, -0.05) is 97.9 Å². The van der Waals surface area contributed by atoms with Gasteiger partial charge >= 0.3 is 0 Å². The fraction of sp³-hybridized carbons (Fsp3) is 0.326. The summed E-state index contributed by atoms with van der Waals surface area (Å²) in [6, 6.07) is 31.0. The van der Waals surface area contributed by atoms with Crippen molar-refractivity contribution in [3.8, 4) is 0 Å². The van der Waals surface area contributed by atoms with E-state index in [0.29, 0.717) is 24.2 Å². The van der Waals surface area contributed by atoms with Crippen molar-refractivity contribution in [1.82, 2.24) is 4.90 Å². The number of benzene rings is 4. The van der Waals surface area contributed by atoms with Crippen LogP contribution in [0.15, 0.2) is 128 Å². The first kappa shape index (κ1) is 34.4. The maximum absolute atomic E-state index is 15.4. The number of hydrogen-bond donors (Lipinski definition) is 1. The van der Waals surface area contributed by atoms with Crippen LogP contribution in [-0.4, -0.2) is 70.7 Å². The smallest absolute Gasteiger partial charge is 0.253 e. The zero-order valence-corrected chi connectivity index (χ0v) is 29.2. The van der Waals surface area contributed by atoms with Crippen LogP contribution in [0.1, 0.15) is 25.8 Å². The average molecular weight is 684 g/mol. The highest BCUT2D eigenvalue weighted by molar-refractivity contribution is 6.07. The monoisotopic (exact) mass is 683 g/mol. The third-order valence-electron chi connectivity index (χ3n) is 11.4. The molecule has 2 bridgehead atoms. The summed E-state index contributed by atoms with van der Waals surface area (Å²) in [5.74, 6) is -2.89. The highest BCUT2D eigenvalue weighted by Crippen LogP contribution is 2.66. The van der Waals surface area contributed by atoms with E-state index in [1.54, 1.807) is 26.9 Å². The van der Waals surface area contributed by atoms with Crippen LogP contribution in [0.5, 0.6) is 0 Å². The van der Waals surface area contributed by atoms with Crippen LogP contribution < -0.4 is 9.80 Å². The van der Waals surface area contributed by atoms with E-state index >= 15 is 9.59 Å². The van der Waals surface area contributed by atoms with Gasteiger partial charge in [0.1, 0.15) is 11.6 Å². The Morgan fingerprint density at radius 2 is 1.49 bits per heavy atom. The average Bonchev–Trinajstić information content (AvgIpc) is 3.67. The van der Waals surface area contributed by atoms with Gasteiger partial charge < -0.3 is 24.5 Å². The number of fused-ring (bicyclic) bond motifs is 2. The normalized spacial score (nSPS) is 26.9. The SMILES string of the molecule is C=CCN(C(=O)C1N([C@@H](CO)Cc2ccccc2)C(=O)[C@@H]2[C@H](C(=O)N(CC=C)c3ccccc3)[C@@]3(C)OC12CC3C)c1ccc2ccccc2c1. The molecule has 1 spiro atoms. The van der Waals surface area contributed by atoms with Crippen molar-refractivity contribution >= 4 is 39.9 Å². The van der Waals surface area contributed by atoms with Crippen LogP contribution in [0, 0.1) is 17.8 Å². The fourth-order valence-corrected chi connectivity index (χ4v) is 9.03. The lowest BCUT2D eigenvalue weighted by atomic mass is 9.62. The van der Waals surface area contributed by atoms with Gasteiger partial charge in [-0.3, -0.25) is 14.4 Å². The summed E-state index contributed by atoms with van der Waals surface area (Å²) in [6.45, 7) is 11.9. The Kier molecular flexibility index (Phi) is 9.16. The molecule has 7 atom stereocenters. The molecular weight excluding hydrogens is 638 g/mol. The molecule has 0 aliphatic carbocycles. The summed E-state index contributed by atoms with van der Waals surface area (Å²) in [4.78, 5) is 50.4. The molecule has 51 heavy (non-hydrogen) atoms. The Bertz CT molecular complexity index is 1970. The van der Waals surface area contributed by atoms with Gasteiger partial charge in [0.05, 0.1) is 30.1 Å². The molecule has 3 amide bonds. The van der Waals surface area contributed by atoms with Gasteiger partial charge in [0, 0.05) is 24.5 Å². The van der Waals surface area contributed by atoms with E-state index in [1.165, 1.54) is 0 Å². The topological polar surface area (TPSA) is 90.4 Å². The third kappa shape index (κ3) is 5.58. The molecule has 8 heteroatoms. The number of likely N-dealkylation sites (tertiary alicyclic amines) is 1. The van der Waals surface area contributed by atoms with Crippen molar-refractivity contribution in [2.45, 2.75) is 50.0 Å². The maximum atomic E-state index is 15.4. The van der Waals surface area contributed by atoms with E-state index < -0.39 is 35.1 Å². The molecule has 4 aromatic carbocycles. The van der Waals surface area contributed by atoms with Crippen LogP contribution in [0.3, 0.4) is 0 Å². The zero-order chi connectivity index (χ0) is 35.9. The van der Waals surface area contributed by atoms with E-state index in [2.05, 4.69) is 13.2 Å². The first-order valence-corrected chi connectivity index (χ1v) is 17.7. The molecule has 8 nitrogen and oxygen atoms in total. The molecule has 7 rings (SSSR count). The lowest BCUT2D eigenvalue weighted by Crippen LogP contribution is -2.59. The molecular formula is C43H45N3O5. The lowest BCUT2D eigenvalue weighted by molar-refractivity contribution is -0.149. The highest BCUT2D eigenvalue weighted by Gasteiger charge is 2.80. The fourth-order valence-electron chi connectivity index (χ4n) is 9.03. The predicted molar refractivity (Wildman–Crippen MR) is 200 cm³/mol. The number of amides is 3. The van der Waals surface area contributed by atoms with Crippen LogP contribution >= 0.6 is 0 Å². The van der Waals surface area contributed by atoms with Crippen LogP contribution in [-0.2, 0) is 25.5 Å². The van der Waals surface area contributed by atoms with Gasteiger partial charge in [-0.15, -0.1) is 13.2 Å². The minimum absolute atomic E-state index is 0.151. The number of nitrogens with zero attached hydrogens (tertiary/aromatic N) is 3. The number of carbonyl (C=O) groups is 3. The van der Waals surface area contributed by atoms with Gasteiger partial charge in [-0.25, -0.2) is 0 Å². The van der Waals surface area contributed by atoms with E-state index in [-0.39, 0.29) is 43.3 Å². The highest BCUT2D eigenvalue weighted by atomic mass is 16.5. The minimum Gasteiger partial charge on any atom is -0.394 e. The van der Waals surface area contributed by atoms with Crippen LogP contribution in [0.2, 0.25) is 0 Å². The van der Waals surface area contributed by atoms with Crippen molar-refractivity contribution < 1.29 is 24.2 Å². The van der Waals surface area contributed by atoms with E-state index in [9.17, 15) is 9.90 Å². The van der Waals surface area contributed by atoms with Crippen LogP contribution in [0.4, 0.5) is 11.4 Å². The quantitative estimate of drug-likeness (QED) is 0.180. The molecule has 0 radical (unpaired) electrons. The summed E-state index contributed by atoms with van der Waals surface area (Å²) in [7, 11) is 0. The van der Waals surface area contributed by atoms with Gasteiger partial charge in [-0.2, -0.15) is 0 Å². The first-order chi connectivity index (χ1) is 24.7. The number of rotatable bonds is 12. The Morgan fingerprint density at radius 3 is 2.14 bits per heavy atom. The number of hydrogen-bond acceptors (Lipinski definition) is 5. The number of ether oxygens (including phenoxy) is 1. The number of anilines is 2. The Labute approximate surface area is 299 Å². The third-order valence-corrected chi connectivity index (χ3v) is 11.4. The summed E-state index contributed by atoms with van der Waals surface area (Å²) < 4.78 is 7.10. The van der Waals surface area contributed by atoms with Crippen molar-refractivity contribution in [3.05, 3.63) is 134 Å². The zero-order valence-electron chi connectivity index (χ0n) is 29.2. The minimum atomic E-state index is -1.31. The second-order valence-electron chi connectivity index (χ2n) is 14.3. The van der Waals surface area contributed by atoms with E-state index in [4.69, 9.17) is 4.74 Å². The second-order valence-corrected chi connectivity index (χ2v) is 14.3. The van der Waals surface area contributed by atoms with Gasteiger partial charge in [-0.05, 0) is 66.3 Å². The first-order valence-electron chi connectivity index (χ1n) is 17.7. The van der Waals surface area contributed by atoms with E-state index in [0.717, 1.165) is 16.3 Å². The van der Waals surface area contributed by atoms with Gasteiger partial charge in [0.25, 0.3) is 5.91 Å².